The maximum atomic E-state index is 12.5. The Kier molecular flexibility index (Phi) is 7.43. The van der Waals surface area contributed by atoms with Crippen LogP contribution in [0.2, 0.25) is 0 Å². The average molecular weight is 407 g/mol. The molecule has 154 valence electrons. The number of benzene rings is 1. The lowest BCUT2D eigenvalue weighted by atomic mass is 9.87. The van der Waals surface area contributed by atoms with E-state index in [-0.39, 0.29) is 41.3 Å². The van der Waals surface area contributed by atoms with Crippen molar-refractivity contribution in [3.63, 3.8) is 0 Å². The summed E-state index contributed by atoms with van der Waals surface area (Å²) < 4.78 is 5.55. The predicted molar refractivity (Wildman–Crippen MR) is 109 cm³/mol. The molecule has 1 aliphatic carbocycles. The lowest BCUT2D eigenvalue weighted by Crippen LogP contribution is -2.35. The third-order valence-electron chi connectivity index (χ3n) is 5.65. The number of hydrogen-bond acceptors (Lipinski definition) is 6. The molecule has 28 heavy (non-hydrogen) atoms. The smallest absolute Gasteiger partial charge is 0.307 e. The van der Waals surface area contributed by atoms with Gasteiger partial charge in [-0.3, -0.25) is 4.79 Å². The maximum absolute atomic E-state index is 12.5. The quantitative estimate of drug-likeness (QED) is 0.513. The van der Waals surface area contributed by atoms with E-state index >= 15 is 0 Å². The number of hydrogen-bond donors (Lipinski definition) is 3. The van der Waals surface area contributed by atoms with Crippen molar-refractivity contribution < 1.29 is 24.9 Å². The van der Waals surface area contributed by atoms with Crippen LogP contribution in [0, 0.1) is 11.8 Å². The molecule has 0 saturated heterocycles. The van der Waals surface area contributed by atoms with Gasteiger partial charge in [-0.1, -0.05) is 12.2 Å². The molecule has 3 N–H and O–H groups in total. The molecule has 3 rings (SSSR count). The Hall–Kier alpha value is -1.50. The van der Waals surface area contributed by atoms with Gasteiger partial charge in [0, 0.05) is 10.1 Å². The molecule has 0 spiro atoms. The molecular formula is C22H30O5S. The van der Waals surface area contributed by atoms with E-state index in [0.29, 0.717) is 12.8 Å². The predicted octanol–water partition coefficient (Wildman–Crippen LogP) is 3.66. The van der Waals surface area contributed by atoms with Gasteiger partial charge in [-0.05, 0) is 75.1 Å². The highest BCUT2D eigenvalue weighted by Crippen LogP contribution is 2.41. The first-order valence-corrected chi connectivity index (χ1v) is 11.0. The van der Waals surface area contributed by atoms with Crippen LogP contribution in [-0.2, 0) is 9.53 Å². The van der Waals surface area contributed by atoms with Gasteiger partial charge in [-0.2, -0.15) is 0 Å². The molecule has 2 aliphatic rings. The molecule has 0 unspecified atom stereocenters. The molecule has 1 aliphatic heterocycles. The van der Waals surface area contributed by atoms with E-state index in [2.05, 4.69) is 12.2 Å². The fourth-order valence-corrected chi connectivity index (χ4v) is 5.39. The van der Waals surface area contributed by atoms with Crippen molar-refractivity contribution in [2.75, 3.05) is 0 Å². The molecule has 0 radical (unpaired) electrons. The van der Waals surface area contributed by atoms with Crippen molar-refractivity contribution >= 4 is 17.7 Å². The van der Waals surface area contributed by atoms with Crippen molar-refractivity contribution in [2.45, 2.75) is 73.9 Å². The van der Waals surface area contributed by atoms with E-state index < -0.39 is 12.2 Å². The van der Waals surface area contributed by atoms with E-state index in [0.717, 1.165) is 24.2 Å². The van der Waals surface area contributed by atoms with Crippen LogP contribution in [0.1, 0.15) is 45.4 Å². The van der Waals surface area contributed by atoms with Gasteiger partial charge in [0.25, 0.3) is 0 Å². The highest BCUT2D eigenvalue weighted by molar-refractivity contribution is 8.00. The number of phenols is 1. The summed E-state index contributed by atoms with van der Waals surface area (Å²) in [6, 6.07) is 6.75. The molecule has 0 aromatic heterocycles. The second-order valence-corrected chi connectivity index (χ2v) is 9.27. The molecule has 5 nitrogen and oxygen atoms in total. The topological polar surface area (TPSA) is 87.0 Å². The number of aliphatic hydroxyl groups is 2. The molecule has 1 heterocycles. The Labute approximate surface area is 170 Å². The molecule has 6 atom stereocenters. The van der Waals surface area contributed by atoms with Crippen LogP contribution in [0.25, 0.3) is 0 Å². The van der Waals surface area contributed by atoms with Crippen molar-refractivity contribution in [1.29, 1.82) is 0 Å². The number of esters is 1. The third kappa shape index (κ3) is 5.75. The highest BCUT2D eigenvalue weighted by atomic mass is 32.2. The van der Waals surface area contributed by atoms with Crippen LogP contribution in [0.5, 0.6) is 5.75 Å². The van der Waals surface area contributed by atoms with Crippen molar-refractivity contribution in [1.82, 2.24) is 0 Å². The van der Waals surface area contributed by atoms with Gasteiger partial charge in [-0.15, -0.1) is 11.8 Å². The summed E-state index contributed by atoms with van der Waals surface area (Å²) >= 11 is 1.42. The van der Waals surface area contributed by atoms with Gasteiger partial charge in [0.1, 0.15) is 5.75 Å². The first kappa shape index (κ1) is 21.2. The number of aliphatic hydroxyl groups excluding tert-OH is 2. The van der Waals surface area contributed by atoms with E-state index in [4.69, 9.17) is 4.74 Å². The molecule has 6 heteroatoms. The number of rotatable bonds is 2. The number of ether oxygens (including phenoxy) is 1. The van der Waals surface area contributed by atoms with E-state index in [9.17, 15) is 20.1 Å². The molecule has 1 saturated carbocycles. The number of thioether (sulfide) groups is 1. The third-order valence-corrected chi connectivity index (χ3v) is 6.94. The van der Waals surface area contributed by atoms with Gasteiger partial charge in [0.15, 0.2) is 0 Å². The summed E-state index contributed by atoms with van der Waals surface area (Å²) in [5, 5.41) is 30.5. The lowest BCUT2D eigenvalue weighted by Gasteiger charge is -2.29. The molecule has 1 fully saturated rings. The standard InChI is InChI=1S/C22H30O5S/c1-14-5-3-2-4-6-15-11-17(24)12-19(15)22(26)20(13-21(25)27-14)28-18-9-7-16(23)8-10-18/h4,6-10,14-15,17,19-20,22-24,26H,2-3,5,11-13H2,1H3/b6-4+/t14-,15+,17-,19+,20-,22-/m0/s1. The largest absolute Gasteiger partial charge is 0.508 e. The number of allylic oxidation sites excluding steroid dienone is 2. The van der Waals surface area contributed by atoms with Gasteiger partial charge >= 0.3 is 5.97 Å². The normalized spacial score (nSPS) is 35.8. The summed E-state index contributed by atoms with van der Waals surface area (Å²) in [6.07, 6.45) is 6.92. The molecule has 0 bridgehead atoms. The average Bonchev–Trinajstić information content (AvgIpc) is 3.02. The fourth-order valence-electron chi connectivity index (χ4n) is 4.19. The molecular weight excluding hydrogens is 376 g/mol. The van der Waals surface area contributed by atoms with Gasteiger partial charge < -0.3 is 20.1 Å². The SMILES string of the molecule is C[C@H]1CCC/C=C/[C@@H]2C[C@H](O)C[C@H]2[C@H](O)[C@@H](Sc2ccc(O)cc2)CC(=O)O1. The van der Waals surface area contributed by atoms with E-state index in [1.165, 1.54) is 11.8 Å². The van der Waals surface area contributed by atoms with Crippen LogP contribution in [0.15, 0.2) is 41.3 Å². The molecule has 1 aromatic carbocycles. The summed E-state index contributed by atoms with van der Waals surface area (Å²) in [5.74, 6) is -0.101. The molecule has 1 aromatic rings. The first-order chi connectivity index (χ1) is 13.4. The zero-order valence-corrected chi connectivity index (χ0v) is 17.1. The van der Waals surface area contributed by atoms with Crippen LogP contribution in [0.3, 0.4) is 0 Å². The van der Waals surface area contributed by atoms with Gasteiger partial charge in [-0.25, -0.2) is 0 Å². The number of carbonyl (C=O) groups is 1. The minimum atomic E-state index is -0.741. The number of carbonyl (C=O) groups excluding carboxylic acids is 1. The van der Waals surface area contributed by atoms with Gasteiger partial charge in [0.2, 0.25) is 0 Å². The van der Waals surface area contributed by atoms with Crippen molar-refractivity contribution in [3.8, 4) is 5.75 Å². The Bertz CT molecular complexity index is 674. The Morgan fingerprint density at radius 3 is 2.64 bits per heavy atom. The lowest BCUT2D eigenvalue weighted by molar-refractivity contribution is -0.149. The monoisotopic (exact) mass is 406 g/mol. The minimum absolute atomic E-state index is 0.0909. The zero-order valence-electron chi connectivity index (χ0n) is 16.2. The fraction of sp³-hybridized carbons (Fsp3) is 0.591. The highest BCUT2D eigenvalue weighted by Gasteiger charge is 2.40. The van der Waals surface area contributed by atoms with Crippen LogP contribution < -0.4 is 0 Å². The van der Waals surface area contributed by atoms with Crippen LogP contribution in [0.4, 0.5) is 0 Å². The van der Waals surface area contributed by atoms with Gasteiger partial charge in [0.05, 0.1) is 24.7 Å². The van der Waals surface area contributed by atoms with E-state index in [1.54, 1.807) is 24.3 Å². The van der Waals surface area contributed by atoms with Crippen LogP contribution >= 0.6 is 11.8 Å². The van der Waals surface area contributed by atoms with Crippen molar-refractivity contribution in [2.24, 2.45) is 11.8 Å². The Morgan fingerprint density at radius 2 is 1.89 bits per heavy atom. The molecule has 0 amide bonds. The number of cyclic esters (lactones) is 1. The number of phenolic OH excluding ortho intramolecular Hbond substituents is 1. The summed E-state index contributed by atoms with van der Waals surface area (Å²) in [6.45, 7) is 1.91. The summed E-state index contributed by atoms with van der Waals surface area (Å²) in [7, 11) is 0. The summed E-state index contributed by atoms with van der Waals surface area (Å²) in [4.78, 5) is 13.4. The van der Waals surface area contributed by atoms with E-state index in [1.807, 2.05) is 6.92 Å². The first-order valence-electron chi connectivity index (χ1n) is 10.1. The second-order valence-electron chi connectivity index (χ2n) is 7.96. The second kappa shape index (κ2) is 9.81. The maximum Gasteiger partial charge on any atom is 0.307 e. The zero-order chi connectivity index (χ0) is 20.1. The van der Waals surface area contributed by atoms with Crippen molar-refractivity contribution in [3.05, 3.63) is 36.4 Å². The Balaban J connectivity index is 1.83. The minimum Gasteiger partial charge on any atom is -0.508 e. The number of aromatic hydroxyl groups is 1. The van der Waals surface area contributed by atoms with Crippen LogP contribution in [-0.4, -0.2) is 44.9 Å². The Morgan fingerprint density at radius 1 is 1.14 bits per heavy atom. The summed E-state index contributed by atoms with van der Waals surface area (Å²) in [5.41, 5.74) is 0. The number of fused-ring (bicyclic) bond motifs is 1.